The molecule has 1 saturated heterocycles. The molecule has 1 aliphatic heterocycles. The van der Waals surface area contributed by atoms with E-state index in [0.29, 0.717) is 26.1 Å². The van der Waals surface area contributed by atoms with Crippen LogP contribution in [0.1, 0.15) is 81.0 Å². The van der Waals surface area contributed by atoms with Crippen LogP contribution in [0, 0.1) is 16.0 Å². The van der Waals surface area contributed by atoms with Crippen LogP contribution in [0.4, 0.5) is 15.8 Å². The summed E-state index contributed by atoms with van der Waals surface area (Å²) in [5.74, 6) is -2.36. The summed E-state index contributed by atoms with van der Waals surface area (Å²) in [5.41, 5.74) is 5.18. The van der Waals surface area contributed by atoms with Crippen molar-refractivity contribution >= 4 is 23.3 Å². The lowest BCUT2D eigenvalue weighted by atomic mass is 10.1. The van der Waals surface area contributed by atoms with E-state index in [1.165, 1.54) is 31.4 Å². The van der Waals surface area contributed by atoms with Crippen molar-refractivity contribution in [3.8, 4) is 11.5 Å². The van der Waals surface area contributed by atoms with Gasteiger partial charge in [0, 0.05) is 11.5 Å². The van der Waals surface area contributed by atoms with Gasteiger partial charge >= 0.3 is 11.9 Å². The Hall–Kier alpha value is -3.83. The molecule has 0 saturated carbocycles. The summed E-state index contributed by atoms with van der Waals surface area (Å²) >= 11 is 0. The molecule has 1 aliphatic rings. The number of nitro benzene ring substituents is 1. The Kier molecular flexibility index (Phi) is 12.2. The Morgan fingerprint density at radius 1 is 1.10 bits per heavy atom. The molecule has 1 fully saturated rings. The molecule has 3 rings (SSSR count). The number of alkyl halides is 1. The molecule has 0 unspecified atom stereocenters. The molecular formula is C30H37FN2O8. The van der Waals surface area contributed by atoms with E-state index < -0.39 is 46.3 Å². The zero-order chi connectivity index (χ0) is 29.8. The molecule has 11 heteroatoms. The number of halogens is 1. The van der Waals surface area contributed by atoms with Gasteiger partial charge in [-0.25, -0.2) is 14.0 Å². The summed E-state index contributed by atoms with van der Waals surface area (Å²) in [7, 11) is 0. The minimum absolute atomic E-state index is 0.0451. The van der Waals surface area contributed by atoms with Crippen LogP contribution in [0.25, 0.3) is 0 Å². The number of anilines is 1. The number of unbranched alkanes of at least 4 members (excludes halogenated alkanes) is 4. The molecule has 10 nitrogen and oxygen atoms in total. The molecule has 0 aromatic heterocycles. The molecule has 0 bridgehead atoms. The predicted molar refractivity (Wildman–Crippen MR) is 150 cm³/mol. The molecule has 1 heterocycles. The minimum atomic E-state index is -1.90. The van der Waals surface area contributed by atoms with E-state index in [1.54, 1.807) is 12.1 Å². The van der Waals surface area contributed by atoms with Crippen LogP contribution in [0.5, 0.6) is 11.5 Å². The van der Waals surface area contributed by atoms with E-state index >= 15 is 0 Å². The second-order valence-corrected chi connectivity index (χ2v) is 9.84. The first-order chi connectivity index (χ1) is 19.7. The third-order valence-electron chi connectivity index (χ3n) is 6.49. The van der Waals surface area contributed by atoms with Crippen LogP contribution in [0.2, 0.25) is 0 Å². The molecular weight excluding hydrogens is 535 g/mol. The van der Waals surface area contributed by atoms with Gasteiger partial charge in [0.25, 0.3) is 5.69 Å². The number of esters is 2. The zero-order valence-electron chi connectivity index (χ0n) is 23.4. The van der Waals surface area contributed by atoms with Gasteiger partial charge in [-0.2, -0.15) is 0 Å². The Labute approximate surface area is 238 Å². The van der Waals surface area contributed by atoms with Crippen molar-refractivity contribution in [2.24, 2.45) is 5.92 Å². The van der Waals surface area contributed by atoms with Crippen molar-refractivity contribution in [2.45, 2.75) is 71.3 Å². The number of hydrogen-bond donors (Lipinski definition) is 1. The van der Waals surface area contributed by atoms with Gasteiger partial charge in [0.05, 0.1) is 29.9 Å². The number of carbonyl (C=O) groups is 2. The first kappa shape index (κ1) is 31.7. The van der Waals surface area contributed by atoms with Gasteiger partial charge < -0.3 is 24.7 Å². The molecule has 1 atom stereocenters. The molecule has 0 aliphatic carbocycles. The highest BCUT2D eigenvalue weighted by atomic mass is 19.1. The molecule has 0 amide bonds. The molecule has 0 spiro atoms. The number of carbonyl (C=O) groups excluding carboxylic acids is 2. The predicted octanol–water partition coefficient (Wildman–Crippen LogP) is 6.63. The summed E-state index contributed by atoms with van der Waals surface area (Å²) in [6, 6.07) is 8.16. The highest BCUT2D eigenvalue weighted by Crippen LogP contribution is 2.33. The number of benzene rings is 2. The second-order valence-electron chi connectivity index (χ2n) is 9.84. The molecule has 2 N–H and O–H groups in total. The smallest absolute Gasteiger partial charge is 0.350 e. The lowest BCUT2D eigenvalue weighted by molar-refractivity contribution is -0.385. The van der Waals surface area contributed by atoms with Crippen molar-refractivity contribution in [2.75, 3.05) is 18.9 Å². The summed E-state index contributed by atoms with van der Waals surface area (Å²) in [5, 5.41) is 11.7. The van der Waals surface area contributed by atoms with Crippen molar-refractivity contribution in [1.82, 2.24) is 0 Å². The van der Waals surface area contributed by atoms with Crippen LogP contribution in [-0.2, 0) is 14.3 Å². The van der Waals surface area contributed by atoms with E-state index in [2.05, 4.69) is 19.1 Å². The fourth-order valence-electron chi connectivity index (χ4n) is 4.14. The standard InChI is InChI=1S/C30H37FN2O8/c1-3-5-7-8-9-10-20-18-38-30(39-19-20)21-12-14-22(15-13-21)40-28(34)23-16-25(32)27(17-26(23)33(36)37)41-29(35)24(31)11-6-4-2/h9-10,12-17,20,24,30H,3-8,11,18-19,32H2,1-2H3/b10-9+/t20-,24-,30-/m1/s1. The lowest BCUT2D eigenvalue weighted by Crippen LogP contribution is -2.25. The molecule has 2 aromatic carbocycles. The average Bonchev–Trinajstić information content (AvgIpc) is 2.97. The SMILES string of the molecule is CCCCC/C=C/[C@H]1CO[C@H](c2ccc(OC(=O)c3cc(N)c(OC(=O)[C@H](F)CCCC)cc3[N+](=O)[O-])cc2)OC1. The highest BCUT2D eigenvalue weighted by Gasteiger charge is 2.28. The zero-order valence-corrected chi connectivity index (χ0v) is 23.4. The van der Waals surface area contributed by atoms with E-state index in [9.17, 15) is 24.1 Å². The summed E-state index contributed by atoms with van der Waals surface area (Å²) in [6.45, 7) is 5.06. The molecule has 222 valence electrons. The number of nitro groups is 1. The Bertz CT molecular complexity index is 1210. The average molecular weight is 573 g/mol. The maximum atomic E-state index is 14.0. The lowest BCUT2D eigenvalue weighted by Gasteiger charge is -2.28. The fourth-order valence-corrected chi connectivity index (χ4v) is 4.14. The van der Waals surface area contributed by atoms with Crippen LogP contribution < -0.4 is 15.2 Å². The van der Waals surface area contributed by atoms with E-state index in [-0.39, 0.29) is 23.8 Å². The Morgan fingerprint density at radius 2 is 1.78 bits per heavy atom. The third kappa shape index (κ3) is 9.36. The maximum absolute atomic E-state index is 14.0. The van der Waals surface area contributed by atoms with Crippen LogP contribution in [-0.4, -0.2) is 36.2 Å². The van der Waals surface area contributed by atoms with Crippen LogP contribution >= 0.6 is 0 Å². The van der Waals surface area contributed by atoms with Gasteiger partial charge in [-0.05, 0) is 37.5 Å². The fraction of sp³-hybridized carbons (Fsp3) is 0.467. The van der Waals surface area contributed by atoms with Crippen molar-refractivity contribution in [3.63, 3.8) is 0 Å². The number of nitrogen functional groups attached to an aromatic ring is 1. The van der Waals surface area contributed by atoms with Crippen molar-refractivity contribution in [3.05, 3.63) is 69.8 Å². The number of rotatable bonds is 14. The van der Waals surface area contributed by atoms with Crippen molar-refractivity contribution < 1.29 is 37.9 Å². The number of nitrogens with zero attached hydrogens (tertiary/aromatic N) is 1. The summed E-state index contributed by atoms with van der Waals surface area (Å²) < 4.78 is 36.0. The first-order valence-electron chi connectivity index (χ1n) is 13.9. The third-order valence-corrected chi connectivity index (χ3v) is 6.49. The van der Waals surface area contributed by atoms with E-state index in [1.807, 2.05) is 6.92 Å². The first-order valence-corrected chi connectivity index (χ1v) is 13.9. The number of hydrogen-bond acceptors (Lipinski definition) is 9. The van der Waals surface area contributed by atoms with Gasteiger partial charge in [0.2, 0.25) is 0 Å². The molecule has 2 aromatic rings. The number of nitrogens with two attached hydrogens (primary N) is 1. The van der Waals surface area contributed by atoms with Gasteiger partial charge in [0.15, 0.2) is 18.2 Å². The van der Waals surface area contributed by atoms with Gasteiger partial charge in [-0.15, -0.1) is 0 Å². The number of allylic oxidation sites excluding steroid dienone is 1. The maximum Gasteiger partial charge on any atom is 0.350 e. The van der Waals surface area contributed by atoms with E-state index in [0.717, 1.165) is 24.1 Å². The van der Waals surface area contributed by atoms with Crippen LogP contribution in [0.3, 0.4) is 0 Å². The van der Waals surface area contributed by atoms with Crippen molar-refractivity contribution in [1.29, 1.82) is 0 Å². The molecule has 0 radical (unpaired) electrons. The highest BCUT2D eigenvalue weighted by molar-refractivity contribution is 5.97. The Balaban J connectivity index is 1.61. The minimum Gasteiger partial charge on any atom is -0.423 e. The normalized spacial score (nSPS) is 17.7. The Morgan fingerprint density at radius 3 is 2.41 bits per heavy atom. The summed E-state index contributed by atoms with van der Waals surface area (Å²) in [4.78, 5) is 35.6. The molecule has 41 heavy (non-hydrogen) atoms. The van der Waals surface area contributed by atoms with Crippen LogP contribution in [0.15, 0.2) is 48.6 Å². The number of ether oxygens (including phenoxy) is 4. The monoisotopic (exact) mass is 572 g/mol. The summed E-state index contributed by atoms with van der Waals surface area (Å²) in [6.07, 6.45) is 7.55. The van der Waals surface area contributed by atoms with Gasteiger partial charge in [0.1, 0.15) is 11.3 Å². The largest absolute Gasteiger partial charge is 0.423 e. The van der Waals surface area contributed by atoms with E-state index in [4.69, 9.17) is 24.7 Å². The van der Waals surface area contributed by atoms with Gasteiger partial charge in [-0.1, -0.05) is 63.8 Å². The topological polar surface area (TPSA) is 140 Å². The quantitative estimate of drug-likeness (QED) is 0.0502. The second kappa shape index (κ2) is 15.8. The van der Waals surface area contributed by atoms with Gasteiger partial charge in [-0.3, -0.25) is 10.1 Å².